The normalized spacial score (nSPS) is 16.2. The lowest BCUT2D eigenvalue weighted by Gasteiger charge is -2.04. The van der Waals surface area contributed by atoms with E-state index in [1.807, 2.05) is 12.3 Å². The number of nitrogens with one attached hydrogen (secondary N) is 1. The number of aromatic nitrogens is 1. The molecule has 1 aromatic heterocycles. The minimum atomic E-state index is 0.0831. The maximum absolute atomic E-state index is 11.5. The first kappa shape index (κ1) is 8.35. The molecular formula is C10H14N2O. The van der Waals surface area contributed by atoms with Crippen molar-refractivity contribution in [3.8, 4) is 0 Å². The average Bonchev–Trinajstić information content (AvgIpc) is 2.47. The smallest absolute Gasteiger partial charge is 0.253 e. The molecule has 0 saturated heterocycles. The third-order valence-electron chi connectivity index (χ3n) is 2.54. The number of aryl methyl sites for hydroxylation is 1. The van der Waals surface area contributed by atoms with E-state index in [1.54, 1.807) is 0 Å². The Morgan fingerprint density at radius 1 is 1.62 bits per heavy atom. The average molecular weight is 178 g/mol. The molecule has 0 saturated carbocycles. The zero-order valence-corrected chi connectivity index (χ0v) is 7.84. The minimum Gasteiger partial charge on any atom is -0.352 e. The van der Waals surface area contributed by atoms with Gasteiger partial charge in [0.05, 0.1) is 5.56 Å². The number of hydrogen-bond acceptors (Lipinski definition) is 1. The first-order valence-electron chi connectivity index (χ1n) is 4.79. The highest BCUT2D eigenvalue weighted by Gasteiger charge is 2.17. The van der Waals surface area contributed by atoms with E-state index >= 15 is 0 Å². The molecule has 0 radical (unpaired) electrons. The third-order valence-corrected chi connectivity index (χ3v) is 2.54. The lowest BCUT2D eigenvalue weighted by Crippen LogP contribution is -2.22. The van der Waals surface area contributed by atoms with Gasteiger partial charge in [-0.05, 0) is 25.8 Å². The van der Waals surface area contributed by atoms with E-state index in [-0.39, 0.29) is 5.91 Å². The van der Waals surface area contributed by atoms with E-state index < -0.39 is 0 Å². The maximum Gasteiger partial charge on any atom is 0.253 e. The number of carbonyl (C=O) groups is 1. The van der Waals surface area contributed by atoms with Crippen molar-refractivity contribution in [3.05, 3.63) is 23.5 Å². The van der Waals surface area contributed by atoms with E-state index in [2.05, 4.69) is 16.8 Å². The molecule has 2 rings (SSSR count). The lowest BCUT2D eigenvalue weighted by molar-refractivity contribution is 0.0956. The second-order valence-electron chi connectivity index (χ2n) is 3.32. The lowest BCUT2D eigenvalue weighted by atomic mass is 10.2. The number of amides is 1. The van der Waals surface area contributed by atoms with E-state index in [9.17, 15) is 4.79 Å². The van der Waals surface area contributed by atoms with Crippen LogP contribution in [0.15, 0.2) is 12.3 Å². The summed E-state index contributed by atoms with van der Waals surface area (Å²) in [5.74, 6) is 0.0831. The Balaban J connectivity index is 2.44. The van der Waals surface area contributed by atoms with Gasteiger partial charge in [0, 0.05) is 25.0 Å². The number of hydrogen-bond donors (Lipinski definition) is 1. The van der Waals surface area contributed by atoms with Gasteiger partial charge in [0.25, 0.3) is 5.91 Å². The van der Waals surface area contributed by atoms with Gasteiger partial charge in [-0.15, -0.1) is 0 Å². The topological polar surface area (TPSA) is 34.0 Å². The van der Waals surface area contributed by atoms with Gasteiger partial charge in [0.15, 0.2) is 0 Å². The van der Waals surface area contributed by atoms with Crippen LogP contribution in [-0.2, 0) is 13.0 Å². The first-order valence-corrected chi connectivity index (χ1v) is 4.79. The SMILES string of the molecule is CCn1ccc2c1CCCNC2=O. The third kappa shape index (κ3) is 1.34. The Hall–Kier alpha value is -1.25. The Morgan fingerprint density at radius 2 is 2.46 bits per heavy atom. The molecule has 0 aliphatic carbocycles. The van der Waals surface area contributed by atoms with Crippen LogP contribution in [0.1, 0.15) is 29.4 Å². The highest BCUT2D eigenvalue weighted by Crippen LogP contribution is 2.15. The molecule has 13 heavy (non-hydrogen) atoms. The van der Waals surface area contributed by atoms with E-state index in [0.29, 0.717) is 0 Å². The fourth-order valence-corrected chi connectivity index (χ4v) is 1.84. The quantitative estimate of drug-likeness (QED) is 0.688. The number of fused-ring (bicyclic) bond motifs is 1. The second kappa shape index (κ2) is 3.24. The molecule has 0 aromatic carbocycles. The van der Waals surface area contributed by atoms with Gasteiger partial charge < -0.3 is 9.88 Å². The Labute approximate surface area is 77.7 Å². The number of nitrogens with zero attached hydrogens (tertiary/aromatic N) is 1. The van der Waals surface area contributed by atoms with Crippen molar-refractivity contribution in [1.82, 2.24) is 9.88 Å². The highest BCUT2D eigenvalue weighted by atomic mass is 16.1. The van der Waals surface area contributed by atoms with Crippen molar-refractivity contribution < 1.29 is 4.79 Å². The van der Waals surface area contributed by atoms with Crippen LogP contribution >= 0.6 is 0 Å². The summed E-state index contributed by atoms with van der Waals surface area (Å²) in [6.45, 7) is 3.85. The molecule has 1 amide bonds. The summed E-state index contributed by atoms with van der Waals surface area (Å²) >= 11 is 0. The van der Waals surface area contributed by atoms with Crippen LogP contribution in [0, 0.1) is 0 Å². The Bertz CT molecular complexity index is 328. The van der Waals surface area contributed by atoms with Crippen molar-refractivity contribution in [2.45, 2.75) is 26.3 Å². The van der Waals surface area contributed by atoms with Crippen molar-refractivity contribution >= 4 is 5.91 Å². The van der Waals surface area contributed by atoms with Crippen molar-refractivity contribution in [2.75, 3.05) is 6.54 Å². The van der Waals surface area contributed by atoms with Crippen LogP contribution in [0.25, 0.3) is 0 Å². The predicted octanol–water partition coefficient (Wildman–Crippen LogP) is 1.18. The summed E-state index contributed by atoms with van der Waals surface area (Å²) in [5, 5.41) is 2.89. The van der Waals surface area contributed by atoms with E-state index in [4.69, 9.17) is 0 Å². The second-order valence-corrected chi connectivity index (χ2v) is 3.32. The molecule has 3 nitrogen and oxygen atoms in total. The van der Waals surface area contributed by atoms with Gasteiger partial charge in [-0.1, -0.05) is 0 Å². The van der Waals surface area contributed by atoms with Crippen LogP contribution < -0.4 is 5.32 Å². The van der Waals surface area contributed by atoms with Gasteiger partial charge in [-0.25, -0.2) is 0 Å². The number of carbonyl (C=O) groups excluding carboxylic acids is 1. The molecule has 1 aliphatic rings. The fourth-order valence-electron chi connectivity index (χ4n) is 1.84. The molecule has 0 unspecified atom stereocenters. The first-order chi connectivity index (χ1) is 6.33. The van der Waals surface area contributed by atoms with Crippen molar-refractivity contribution in [3.63, 3.8) is 0 Å². The van der Waals surface area contributed by atoms with E-state index in [0.717, 1.165) is 31.5 Å². The monoisotopic (exact) mass is 178 g/mol. The number of rotatable bonds is 1. The van der Waals surface area contributed by atoms with Gasteiger partial charge >= 0.3 is 0 Å². The molecule has 0 spiro atoms. The molecule has 0 atom stereocenters. The van der Waals surface area contributed by atoms with E-state index in [1.165, 1.54) is 5.69 Å². The summed E-state index contributed by atoms with van der Waals surface area (Å²) in [6, 6.07) is 1.92. The van der Waals surface area contributed by atoms with Gasteiger partial charge in [0.1, 0.15) is 0 Å². The van der Waals surface area contributed by atoms with Crippen molar-refractivity contribution in [2.24, 2.45) is 0 Å². The van der Waals surface area contributed by atoms with Crippen molar-refractivity contribution in [1.29, 1.82) is 0 Å². The van der Waals surface area contributed by atoms with Gasteiger partial charge in [-0.2, -0.15) is 0 Å². The van der Waals surface area contributed by atoms with Crippen LogP contribution in [0.4, 0.5) is 0 Å². The minimum absolute atomic E-state index is 0.0831. The summed E-state index contributed by atoms with van der Waals surface area (Å²) in [6.07, 6.45) is 4.05. The van der Waals surface area contributed by atoms with Gasteiger partial charge in [0.2, 0.25) is 0 Å². The maximum atomic E-state index is 11.5. The van der Waals surface area contributed by atoms with Gasteiger partial charge in [-0.3, -0.25) is 4.79 Å². The zero-order chi connectivity index (χ0) is 9.26. The molecule has 1 aromatic rings. The Kier molecular flexibility index (Phi) is 2.08. The predicted molar refractivity (Wildman–Crippen MR) is 50.8 cm³/mol. The zero-order valence-electron chi connectivity index (χ0n) is 7.84. The summed E-state index contributed by atoms with van der Waals surface area (Å²) < 4.78 is 2.15. The molecule has 1 aliphatic heterocycles. The van der Waals surface area contributed by atoms with Crippen LogP contribution in [-0.4, -0.2) is 17.0 Å². The summed E-state index contributed by atoms with van der Waals surface area (Å²) in [7, 11) is 0. The summed E-state index contributed by atoms with van der Waals surface area (Å²) in [5.41, 5.74) is 2.05. The standard InChI is InChI=1S/C10H14N2O/c1-2-12-7-5-8-9(12)4-3-6-11-10(8)13/h5,7H,2-4,6H2,1H3,(H,11,13). The molecule has 3 heteroatoms. The Morgan fingerprint density at radius 3 is 3.23 bits per heavy atom. The van der Waals surface area contributed by atoms with Crippen LogP contribution in [0.5, 0.6) is 0 Å². The largest absolute Gasteiger partial charge is 0.352 e. The summed E-state index contributed by atoms with van der Waals surface area (Å²) in [4.78, 5) is 11.5. The fraction of sp³-hybridized carbons (Fsp3) is 0.500. The molecule has 0 bridgehead atoms. The molecule has 1 N–H and O–H groups in total. The molecular weight excluding hydrogens is 164 g/mol. The molecule has 0 fully saturated rings. The van der Waals surface area contributed by atoms with Crippen LogP contribution in [0.2, 0.25) is 0 Å². The highest BCUT2D eigenvalue weighted by molar-refractivity contribution is 5.95. The van der Waals surface area contributed by atoms with Crippen LogP contribution in [0.3, 0.4) is 0 Å². The molecule has 2 heterocycles. The molecule has 70 valence electrons.